The molecule has 0 aromatic heterocycles. The van der Waals surface area contributed by atoms with Crippen molar-refractivity contribution in [2.45, 2.75) is 0 Å². The summed E-state index contributed by atoms with van der Waals surface area (Å²) in [6.07, 6.45) is -0.696. The molecule has 0 rings (SSSR count). The zero-order chi connectivity index (χ0) is 5.70. The summed E-state index contributed by atoms with van der Waals surface area (Å²) in [6.45, 7) is 0. The molecule has 6 heteroatoms. The molecule has 0 aliphatic rings. The van der Waals surface area contributed by atoms with Crippen molar-refractivity contribution in [3.05, 3.63) is 0 Å². The molecule has 7 heavy (non-hydrogen) atoms. The maximum Gasteiger partial charge on any atom is 0.436 e. The number of nitrogens with one attached hydrogen (secondary N) is 2. The Hall–Kier alpha value is -0.0700. The van der Waals surface area contributed by atoms with E-state index in [2.05, 4.69) is 30.5 Å². The molecule has 1 amide bonds. The van der Waals surface area contributed by atoms with Gasteiger partial charge < -0.3 is 4.84 Å². The van der Waals surface area contributed by atoms with Gasteiger partial charge in [-0.25, -0.2) is 4.79 Å². The Kier molecular flexibility index (Phi) is 4.06. The molecule has 0 atom stereocenters. The third kappa shape index (κ3) is 3.77. The van der Waals surface area contributed by atoms with E-state index < -0.39 is 6.09 Å². The van der Waals surface area contributed by atoms with E-state index in [1.807, 2.05) is 9.61 Å². The fourth-order valence-electron chi connectivity index (χ4n) is 0.0643. The van der Waals surface area contributed by atoms with Gasteiger partial charge in [0.05, 0.1) is 0 Å². The van der Waals surface area contributed by atoms with Crippen LogP contribution in [0.1, 0.15) is 0 Å². The molecule has 0 radical (unpaired) electrons. The van der Waals surface area contributed by atoms with Crippen molar-refractivity contribution in [3.8, 4) is 0 Å². The third-order valence-corrected chi connectivity index (χ3v) is 0.503. The van der Waals surface area contributed by atoms with Gasteiger partial charge >= 0.3 is 6.09 Å². The largest absolute Gasteiger partial charge is 0.436 e. The van der Waals surface area contributed by atoms with Crippen molar-refractivity contribution < 1.29 is 9.63 Å². The predicted octanol–water partition coefficient (Wildman–Crippen LogP) is -0.0932. The van der Waals surface area contributed by atoms with Crippen LogP contribution in [0.4, 0.5) is 4.79 Å². The van der Waals surface area contributed by atoms with Crippen LogP contribution in [0.5, 0.6) is 0 Å². The Labute approximate surface area is 51.6 Å². The van der Waals surface area contributed by atoms with E-state index in [9.17, 15) is 4.79 Å². The number of hydrogen-bond donors (Lipinski definition) is 4. The second-order valence-electron chi connectivity index (χ2n) is 0.593. The first-order chi connectivity index (χ1) is 3.31. The van der Waals surface area contributed by atoms with Crippen LogP contribution < -0.4 is 9.61 Å². The monoisotopic (exact) mass is 140 g/mol. The predicted molar refractivity (Wildman–Crippen MR) is 30.7 cm³/mol. The minimum Gasteiger partial charge on any atom is -0.342 e. The number of carbonyl (C=O) groups is 1. The summed E-state index contributed by atoms with van der Waals surface area (Å²) in [4.78, 5) is 15.7. The van der Waals surface area contributed by atoms with Crippen LogP contribution in [-0.2, 0) is 4.84 Å². The Balaban J connectivity index is 3.00. The molecule has 0 aromatic carbocycles. The molecule has 0 bridgehead atoms. The van der Waals surface area contributed by atoms with Crippen LogP contribution in [0.15, 0.2) is 0 Å². The second kappa shape index (κ2) is 4.10. The van der Waals surface area contributed by atoms with E-state index in [0.717, 1.165) is 0 Å². The summed E-state index contributed by atoms with van der Waals surface area (Å²) >= 11 is 6.70. The van der Waals surface area contributed by atoms with Crippen LogP contribution in [0.3, 0.4) is 0 Å². The molecular formula is CH4N2O2S2. The van der Waals surface area contributed by atoms with Crippen molar-refractivity contribution >= 4 is 31.7 Å². The van der Waals surface area contributed by atoms with E-state index in [1.165, 1.54) is 0 Å². The van der Waals surface area contributed by atoms with E-state index in [4.69, 9.17) is 0 Å². The highest BCUT2D eigenvalue weighted by atomic mass is 32.1. The fraction of sp³-hybridized carbons (Fsp3) is 0. The highest BCUT2D eigenvalue weighted by Gasteiger charge is 1.91. The first-order valence-electron chi connectivity index (χ1n) is 1.31. The van der Waals surface area contributed by atoms with Gasteiger partial charge in [-0.15, -0.1) is 0 Å². The van der Waals surface area contributed by atoms with Crippen molar-refractivity contribution in [2.75, 3.05) is 0 Å². The first-order valence-corrected chi connectivity index (χ1v) is 2.20. The summed E-state index contributed by atoms with van der Waals surface area (Å²) in [7, 11) is 0. The zero-order valence-electron chi connectivity index (χ0n) is 3.21. The van der Waals surface area contributed by atoms with E-state index >= 15 is 0 Å². The highest BCUT2D eigenvalue weighted by Crippen LogP contribution is 1.71. The summed E-state index contributed by atoms with van der Waals surface area (Å²) in [5, 5.41) is 0. The summed E-state index contributed by atoms with van der Waals surface area (Å²) < 4.78 is 1.89. The van der Waals surface area contributed by atoms with Crippen LogP contribution in [0.2, 0.25) is 0 Å². The number of rotatable bonds is 1. The first kappa shape index (κ1) is 6.93. The smallest absolute Gasteiger partial charge is 0.342 e. The van der Waals surface area contributed by atoms with Gasteiger partial charge in [0.15, 0.2) is 0 Å². The summed E-state index contributed by atoms with van der Waals surface area (Å²) in [5.41, 5.74) is 0. The van der Waals surface area contributed by atoms with E-state index in [1.54, 1.807) is 0 Å². The maximum atomic E-state index is 9.89. The minimum atomic E-state index is -0.696. The molecule has 0 saturated carbocycles. The van der Waals surface area contributed by atoms with Crippen LogP contribution in [0, 0.1) is 0 Å². The lowest BCUT2D eigenvalue weighted by Crippen LogP contribution is -2.18. The molecule has 0 fully saturated rings. The van der Waals surface area contributed by atoms with Gasteiger partial charge in [0.25, 0.3) is 0 Å². The fourth-order valence-corrected chi connectivity index (χ4v) is 0.193. The van der Waals surface area contributed by atoms with Gasteiger partial charge in [-0.3, -0.25) is 4.72 Å². The van der Waals surface area contributed by atoms with Crippen LogP contribution in [0.25, 0.3) is 0 Å². The normalized spacial score (nSPS) is 7.71. The van der Waals surface area contributed by atoms with Gasteiger partial charge in [-0.1, -0.05) is 30.5 Å². The Morgan fingerprint density at radius 3 is 2.29 bits per heavy atom. The van der Waals surface area contributed by atoms with Gasteiger partial charge in [-0.2, -0.15) is 0 Å². The van der Waals surface area contributed by atoms with Crippen LogP contribution >= 0.6 is 25.6 Å². The quantitative estimate of drug-likeness (QED) is 0.304. The lowest BCUT2D eigenvalue weighted by molar-refractivity contribution is 0.137. The lowest BCUT2D eigenvalue weighted by atomic mass is 11.3. The molecule has 0 aliphatic carbocycles. The van der Waals surface area contributed by atoms with Gasteiger partial charge in [0.1, 0.15) is 0 Å². The van der Waals surface area contributed by atoms with Crippen molar-refractivity contribution in [1.29, 1.82) is 0 Å². The standard InChI is InChI=1S/CH4N2O2S2/c4-1(2-6)5-3-7/h3,6-7H,(H,2,4). The van der Waals surface area contributed by atoms with E-state index in [0.29, 0.717) is 0 Å². The average Bonchev–Trinajstić information content (AvgIpc) is 1.68. The minimum absolute atomic E-state index is 0.696. The van der Waals surface area contributed by atoms with Gasteiger partial charge in [0.2, 0.25) is 0 Å². The molecule has 0 aromatic rings. The second-order valence-corrected chi connectivity index (χ2v) is 0.999. The average molecular weight is 140 g/mol. The van der Waals surface area contributed by atoms with Gasteiger partial charge in [-0.05, 0) is 0 Å². The van der Waals surface area contributed by atoms with Crippen molar-refractivity contribution in [3.63, 3.8) is 0 Å². The number of carbonyl (C=O) groups excluding carboxylic acids is 1. The number of thiol groups is 2. The summed E-state index contributed by atoms with van der Waals surface area (Å²) in [6, 6.07) is 0. The molecule has 2 N–H and O–H groups in total. The molecule has 0 heterocycles. The Bertz CT molecular complexity index is 66.7. The maximum absolute atomic E-state index is 9.89. The molecule has 0 unspecified atom stereocenters. The molecule has 4 nitrogen and oxygen atoms in total. The SMILES string of the molecule is O=C(NS)ONS. The molecule has 42 valence electrons. The Morgan fingerprint density at radius 2 is 2.14 bits per heavy atom. The lowest BCUT2D eigenvalue weighted by Gasteiger charge is -1.94. The highest BCUT2D eigenvalue weighted by molar-refractivity contribution is 7.78. The topological polar surface area (TPSA) is 50.4 Å². The molecule has 0 saturated heterocycles. The Morgan fingerprint density at radius 1 is 1.57 bits per heavy atom. The molecule has 0 spiro atoms. The number of amides is 1. The van der Waals surface area contributed by atoms with Crippen molar-refractivity contribution in [2.24, 2.45) is 0 Å². The summed E-state index contributed by atoms with van der Waals surface area (Å²) in [5.74, 6) is 0. The third-order valence-electron chi connectivity index (χ3n) is 0.230. The van der Waals surface area contributed by atoms with Crippen LogP contribution in [-0.4, -0.2) is 6.09 Å². The van der Waals surface area contributed by atoms with E-state index in [-0.39, 0.29) is 0 Å². The zero-order valence-corrected chi connectivity index (χ0v) is 5.00. The number of hydrogen-bond acceptors (Lipinski definition) is 5. The van der Waals surface area contributed by atoms with Gasteiger partial charge in [0, 0.05) is 0 Å². The van der Waals surface area contributed by atoms with Crippen molar-refractivity contribution in [1.82, 2.24) is 9.61 Å². The molecule has 0 aliphatic heterocycles. The molecular weight excluding hydrogens is 136 g/mol.